The Kier molecular flexibility index (Phi) is 5.16. The number of imidazole rings is 1. The van der Waals surface area contributed by atoms with Crippen LogP contribution in [0.5, 0.6) is 0 Å². The lowest BCUT2D eigenvalue weighted by Crippen LogP contribution is -2.44. The Bertz CT molecular complexity index is 825. The first-order valence-corrected chi connectivity index (χ1v) is 10.1. The number of carbonyl (C=O) groups is 1. The van der Waals surface area contributed by atoms with Crippen LogP contribution < -0.4 is 0 Å². The van der Waals surface area contributed by atoms with Gasteiger partial charge in [-0.15, -0.1) is 11.3 Å². The summed E-state index contributed by atoms with van der Waals surface area (Å²) in [5.74, 6) is 0.165. The number of likely N-dealkylation sites (tertiary alicyclic amines) is 1. The van der Waals surface area contributed by atoms with Crippen molar-refractivity contribution in [3.63, 3.8) is 0 Å². The molecule has 1 aliphatic rings. The van der Waals surface area contributed by atoms with Gasteiger partial charge in [0.2, 0.25) is 0 Å². The van der Waals surface area contributed by atoms with E-state index in [0.29, 0.717) is 6.04 Å². The molecular formula is C21H23N3OS. The third-order valence-electron chi connectivity index (χ3n) is 5.11. The topological polar surface area (TPSA) is 38.1 Å². The first-order chi connectivity index (χ1) is 12.8. The average molecular weight is 366 g/mol. The van der Waals surface area contributed by atoms with Crippen LogP contribution in [0.1, 0.15) is 36.0 Å². The lowest BCUT2D eigenvalue weighted by Gasteiger charge is -2.36. The lowest BCUT2D eigenvalue weighted by molar-refractivity contribution is 0.0595. The summed E-state index contributed by atoms with van der Waals surface area (Å²) in [6.07, 6.45) is 10.0. The van der Waals surface area contributed by atoms with Crippen molar-refractivity contribution in [1.29, 1.82) is 0 Å². The summed E-state index contributed by atoms with van der Waals surface area (Å²) >= 11 is 1.72. The molecule has 134 valence electrons. The first kappa shape index (κ1) is 17.0. The predicted molar refractivity (Wildman–Crippen MR) is 105 cm³/mol. The van der Waals surface area contributed by atoms with Crippen LogP contribution in [0.15, 0.2) is 60.5 Å². The first-order valence-electron chi connectivity index (χ1n) is 9.22. The van der Waals surface area contributed by atoms with Crippen molar-refractivity contribution in [3.05, 3.63) is 66.1 Å². The number of hydrogen-bond donors (Lipinski definition) is 0. The predicted octanol–water partition coefficient (Wildman–Crippen LogP) is 4.70. The molecule has 2 aromatic heterocycles. The van der Waals surface area contributed by atoms with Crippen molar-refractivity contribution in [1.82, 2.24) is 14.5 Å². The molecule has 0 spiro atoms. The summed E-state index contributed by atoms with van der Waals surface area (Å²) in [6, 6.07) is 12.5. The quantitative estimate of drug-likeness (QED) is 0.657. The smallest absolute Gasteiger partial charge is 0.254 e. The number of piperidine rings is 1. The molecule has 1 atom stereocenters. The molecule has 1 aliphatic heterocycles. The van der Waals surface area contributed by atoms with Crippen LogP contribution in [0, 0.1) is 0 Å². The van der Waals surface area contributed by atoms with E-state index in [1.165, 1.54) is 16.9 Å². The van der Waals surface area contributed by atoms with Crippen LogP contribution in [0.3, 0.4) is 0 Å². The van der Waals surface area contributed by atoms with Gasteiger partial charge in [0.1, 0.15) is 0 Å². The number of nitrogens with zero attached hydrogens (tertiary/aromatic N) is 3. The number of rotatable bonds is 5. The Labute approximate surface area is 158 Å². The molecule has 1 aromatic carbocycles. The van der Waals surface area contributed by atoms with Gasteiger partial charge in [-0.2, -0.15) is 0 Å². The molecule has 0 saturated carbocycles. The monoisotopic (exact) mass is 365 g/mol. The van der Waals surface area contributed by atoms with E-state index in [9.17, 15) is 4.79 Å². The minimum atomic E-state index is 0.165. The van der Waals surface area contributed by atoms with E-state index in [2.05, 4.69) is 44.1 Å². The van der Waals surface area contributed by atoms with E-state index < -0.39 is 0 Å². The molecule has 0 N–H and O–H groups in total. The Balaban J connectivity index is 1.46. The number of carbonyl (C=O) groups excluding carboxylic acids is 1. The fourth-order valence-electron chi connectivity index (χ4n) is 3.67. The fourth-order valence-corrected chi connectivity index (χ4v) is 4.40. The van der Waals surface area contributed by atoms with Gasteiger partial charge in [0.05, 0.1) is 6.33 Å². The van der Waals surface area contributed by atoms with Crippen LogP contribution in [0.25, 0.3) is 10.4 Å². The second-order valence-corrected chi connectivity index (χ2v) is 7.74. The summed E-state index contributed by atoms with van der Waals surface area (Å²) in [4.78, 5) is 20.5. The van der Waals surface area contributed by atoms with Crippen LogP contribution >= 0.6 is 11.3 Å². The molecule has 5 heteroatoms. The minimum absolute atomic E-state index is 0.165. The highest BCUT2D eigenvalue weighted by Crippen LogP contribution is 2.26. The summed E-state index contributed by atoms with van der Waals surface area (Å²) < 4.78 is 2.09. The standard InChI is InChI=1S/C21H23N3OS/c25-21(18-8-6-17(7-9-18)20-5-3-15-26-20)24-12-2-1-4-19(24)10-13-23-14-11-22-16-23/h3,5-9,11,14-16,19H,1-2,4,10,12-13H2. The minimum Gasteiger partial charge on any atom is -0.337 e. The highest BCUT2D eigenvalue weighted by molar-refractivity contribution is 7.13. The van der Waals surface area contributed by atoms with Gasteiger partial charge < -0.3 is 9.47 Å². The van der Waals surface area contributed by atoms with Crippen molar-refractivity contribution in [3.8, 4) is 10.4 Å². The molecule has 0 radical (unpaired) electrons. The number of aryl methyl sites for hydroxylation is 1. The SMILES string of the molecule is O=C(c1ccc(-c2cccs2)cc1)N1CCCCC1CCn1ccnc1. The molecule has 4 rings (SSSR count). The van der Waals surface area contributed by atoms with Crippen LogP contribution in [0.4, 0.5) is 0 Å². The number of benzene rings is 1. The van der Waals surface area contributed by atoms with E-state index in [0.717, 1.165) is 37.9 Å². The molecule has 0 bridgehead atoms. The third kappa shape index (κ3) is 3.73. The molecule has 1 fully saturated rings. The van der Waals surface area contributed by atoms with Crippen molar-refractivity contribution < 1.29 is 4.79 Å². The number of hydrogen-bond acceptors (Lipinski definition) is 3. The number of amides is 1. The molecule has 1 unspecified atom stereocenters. The van der Waals surface area contributed by atoms with Crippen LogP contribution in [-0.4, -0.2) is 32.9 Å². The molecule has 26 heavy (non-hydrogen) atoms. The van der Waals surface area contributed by atoms with Gasteiger partial charge in [-0.25, -0.2) is 4.98 Å². The van der Waals surface area contributed by atoms with E-state index in [4.69, 9.17) is 0 Å². The van der Waals surface area contributed by atoms with E-state index in [1.54, 1.807) is 17.5 Å². The second-order valence-electron chi connectivity index (χ2n) is 6.79. The highest BCUT2D eigenvalue weighted by Gasteiger charge is 2.27. The maximum Gasteiger partial charge on any atom is 0.254 e. The summed E-state index contributed by atoms with van der Waals surface area (Å²) in [7, 11) is 0. The summed E-state index contributed by atoms with van der Waals surface area (Å²) in [5.41, 5.74) is 1.96. The van der Waals surface area contributed by atoms with Crippen LogP contribution in [0.2, 0.25) is 0 Å². The van der Waals surface area contributed by atoms with Crippen molar-refractivity contribution in [2.24, 2.45) is 0 Å². The zero-order chi connectivity index (χ0) is 17.8. The Morgan fingerprint density at radius 3 is 2.81 bits per heavy atom. The van der Waals surface area contributed by atoms with Gasteiger partial charge >= 0.3 is 0 Å². The maximum absolute atomic E-state index is 13.1. The highest BCUT2D eigenvalue weighted by atomic mass is 32.1. The van der Waals surface area contributed by atoms with E-state index in [-0.39, 0.29) is 5.91 Å². The summed E-state index contributed by atoms with van der Waals surface area (Å²) in [6.45, 7) is 1.77. The second kappa shape index (κ2) is 7.87. The van der Waals surface area contributed by atoms with Crippen molar-refractivity contribution in [2.45, 2.75) is 38.3 Å². The van der Waals surface area contributed by atoms with Gasteiger partial charge in [-0.1, -0.05) is 18.2 Å². The average Bonchev–Trinajstić information content (AvgIpc) is 3.40. The summed E-state index contributed by atoms with van der Waals surface area (Å²) in [5, 5.41) is 2.08. The Hall–Kier alpha value is -2.40. The van der Waals surface area contributed by atoms with Crippen molar-refractivity contribution in [2.75, 3.05) is 6.54 Å². The zero-order valence-electron chi connectivity index (χ0n) is 14.8. The molecular weight excluding hydrogens is 342 g/mol. The lowest BCUT2D eigenvalue weighted by atomic mass is 9.98. The van der Waals surface area contributed by atoms with Gasteiger partial charge in [0.15, 0.2) is 0 Å². The Morgan fingerprint density at radius 1 is 1.19 bits per heavy atom. The van der Waals surface area contributed by atoms with Gasteiger partial charge in [0, 0.05) is 42.0 Å². The maximum atomic E-state index is 13.1. The fraction of sp³-hybridized carbons (Fsp3) is 0.333. The van der Waals surface area contributed by atoms with Crippen LogP contribution in [-0.2, 0) is 6.54 Å². The normalized spacial score (nSPS) is 17.4. The van der Waals surface area contributed by atoms with Crippen molar-refractivity contribution >= 4 is 17.2 Å². The molecule has 3 aromatic rings. The molecule has 4 nitrogen and oxygen atoms in total. The van der Waals surface area contributed by atoms with Gasteiger partial charge in [0.25, 0.3) is 5.91 Å². The third-order valence-corrected chi connectivity index (χ3v) is 6.02. The largest absolute Gasteiger partial charge is 0.337 e. The van der Waals surface area contributed by atoms with Gasteiger partial charge in [-0.3, -0.25) is 4.79 Å². The number of thiophene rings is 1. The van der Waals surface area contributed by atoms with E-state index >= 15 is 0 Å². The zero-order valence-corrected chi connectivity index (χ0v) is 15.6. The number of aromatic nitrogens is 2. The molecule has 0 aliphatic carbocycles. The molecule has 1 amide bonds. The molecule has 3 heterocycles. The van der Waals surface area contributed by atoms with E-state index in [1.807, 2.05) is 24.7 Å². The molecule has 1 saturated heterocycles. The Morgan fingerprint density at radius 2 is 2.08 bits per heavy atom. The van der Waals surface area contributed by atoms with Gasteiger partial charge in [-0.05, 0) is 54.8 Å².